The minimum absolute atomic E-state index is 0.551. The van der Waals surface area contributed by atoms with Crippen molar-refractivity contribution >= 4 is 11.3 Å². The zero-order valence-corrected chi connectivity index (χ0v) is 14.8. The molecule has 0 saturated carbocycles. The van der Waals surface area contributed by atoms with Crippen molar-refractivity contribution in [2.75, 3.05) is 33.8 Å². The summed E-state index contributed by atoms with van der Waals surface area (Å²) in [6, 6.07) is 2.20. The average molecular weight is 335 g/mol. The third-order valence-corrected chi connectivity index (χ3v) is 4.78. The first-order valence-electron chi connectivity index (χ1n) is 8.09. The fourth-order valence-electron chi connectivity index (χ4n) is 2.76. The van der Waals surface area contributed by atoms with E-state index in [1.54, 1.807) is 11.3 Å². The maximum atomic E-state index is 5.76. The number of fused-ring (bicyclic) bond motifs is 1. The standard InChI is InChI=1S/C16H25N5OS/c1-19(2)7-8-22-12-15-16-11-20(10-14-4-9-23-13-14)5-3-6-21(16)18-17-15/h4,9,13H,3,5-8,10-12H2,1-2H3. The summed E-state index contributed by atoms with van der Waals surface area (Å²) in [5, 5.41) is 13.0. The van der Waals surface area contributed by atoms with Crippen LogP contribution in [0.5, 0.6) is 0 Å². The number of likely N-dealkylation sites (N-methyl/N-ethyl adjacent to an activating group) is 1. The molecule has 0 amide bonds. The Balaban J connectivity index is 1.61. The molecule has 2 aromatic heterocycles. The van der Waals surface area contributed by atoms with Gasteiger partial charge in [-0.25, -0.2) is 4.68 Å². The van der Waals surface area contributed by atoms with E-state index in [0.29, 0.717) is 6.61 Å². The summed E-state index contributed by atoms with van der Waals surface area (Å²) in [6.07, 6.45) is 1.11. The van der Waals surface area contributed by atoms with E-state index in [0.717, 1.165) is 51.4 Å². The molecule has 0 fully saturated rings. The summed E-state index contributed by atoms with van der Waals surface area (Å²) in [4.78, 5) is 4.60. The molecule has 0 N–H and O–H groups in total. The highest BCUT2D eigenvalue weighted by molar-refractivity contribution is 7.07. The predicted molar refractivity (Wildman–Crippen MR) is 91.3 cm³/mol. The molecule has 0 aliphatic carbocycles. The second kappa shape index (κ2) is 8.01. The van der Waals surface area contributed by atoms with Crippen LogP contribution in [-0.2, 0) is 31.0 Å². The normalized spacial score (nSPS) is 15.8. The van der Waals surface area contributed by atoms with Crippen LogP contribution in [0, 0.1) is 0 Å². The monoisotopic (exact) mass is 335 g/mol. The smallest absolute Gasteiger partial charge is 0.113 e. The van der Waals surface area contributed by atoms with Crippen LogP contribution in [0.25, 0.3) is 0 Å². The highest BCUT2D eigenvalue weighted by Gasteiger charge is 2.20. The van der Waals surface area contributed by atoms with E-state index in [4.69, 9.17) is 4.74 Å². The van der Waals surface area contributed by atoms with Crippen LogP contribution in [0.15, 0.2) is 16.8 Å². The molecule has 0 unspecified atom stereocenters. The van der Waals surface area contributed by atoms with Gasteiger partial charge in [0, 0.05) is 32.7 Å². The van der Waals surface area contributed by atoms with Gasteiger partial charge in [-0.3, -0.25) is 4.90 Å². The van der Waals surface area contributed by atoms with E-state index >= 15 is 0 Å². The van der Waals surface area contributed by atoms with Crippen molar-refractivity contribution in [2.45, 2.75) is 32.7 Å². The molecule has 126 valence electrons. The van der Waals surface area contributed by atoms with Crippen LogP contribution < -0.4 is 0 Å². The number of aryl methyl sites for hydroxylation is 1. The summed E-state index contributed by atoms with van der Waals surface area (Å²) in [7, 11) is 4.10. The topological polar surface area (TPSA) is 46.4 Å². The highest BCUT2D eigenvalue weighted by Crippen LogP contribution is 2.18. The van der Waals surface area contributed by atoms with E-state index in [1.165, 1.54) is 11.3 Å². The fourth-order valence-corrected chi connectivity index (χ4v) is 3.42. The largest absolute Gasteiger partial charge is 0.374 e. The molecule has 0 bridgehead atoms. The molecule has 1 aliphatic heterocycles. The molecule has 0 atom stereocenters. The van der Waals surface area contributed by atoms with Crippen molar-refractivity contribution in [1.82, 2.24) is 24.8 Å². The quantitative estimate of drug-likeness (QED) is 0.723. The van der Waals surface area contributed by atoms with Gasteiger partial charge in [0.05, 0.1) is 18.9 Å². The van der Waals surface area contributed by atoms with Crippen LogP contribution in [-0.4, -0.2) is 58.6 Å². The van der Waals surface area contributed by atoms with Gasteiger partial charge in [0.1, 0.15) is 5.69 Å². The van der Waals surface area contributed by atoms with Gasteiger partial charge in [0.25, 0.3) is 0 Å². The Morgan fingerprint density at radius 1 is 1.35 bits per heavy atom. The first kappa shape index (κ1) is 16.6. The Morgan fingerprint density at radius 2 is 2.26 bits per heavy atom. The molecule has 0 spiro atoms. The predicted octanol–water partition coefficient (Wildman–Crippen LogP) is 1.82. The Labute approximate surface area is 141 Å². The second-order valence-corrected chi connectivity index (χ2v) is 7.04. The van der Waals surface area contributed by atoms with Gasteiger partial charge in [-0.1, -0.05) is 5.21 Å². The van der Waals surface area contributed by atoms with Gasteiger partial charge in [0.15, 0.2) is 0 Å². The molecule has 23 heavy (non-hydrogen) atoms. The molecule has 1 aliphatic rings. The number of aromatic nitrogens is 3. The summed E-state index contributed by atoms with van der Waals surface area (Å²) < 4.78 is 7.82. The van der Waals surface area contributed by atoms with Crippen molar-refractivity contribution in [3.8, 4) is 0 Å². The lowest BCUT2D eigenvalue weighted by Gasteiger charge is -2.19. The molecular weight excluding hydrogens is 310 g/mol. The van der Waals surface area contributed by atoms with Gasteiger partial charge in [0.2, 0.25) is 0 Å². The molecular formula is C16H25N5OS. The number of nitrogens with zero attached hydrogens (tertiary/aromatic N) is 5. The number of rotatable bonds is 7. The molecule has 3 rings (SSSR count). The molecule has 2 aromatic rings. The molecule has 0 radical (unpaired) electrons. The van der Waals surface area contributed by atoms with Gasteiger partial charge in [-0.05, 0) is 42.9 Å². The number of ether oxygens (including phenoxy) is 1. The zero-order valence-electron chi connectivity index (χ0n) is 13.9. The SMILES string of the molecule is CN(C)CCOCc1nnn2c1CN(Cc1ccsc1)CCC2. The molecule has 0 saturated heterocycles. The van der Waals surface area contributed by atoms with Crippen LogP contribution in [0.2, 0.25) is 0 Å². The van der Waals surface area contributed by atoms with E-state index in [1.807, 2.05) is 0 Å². The third-order valence-electron chi connectivity index (χ3n) is 4.04. The van der Waals surface area contributed by atoms with E-state index in [2.05, 4.69) is 55.7 Å². The van der Waals surface area contributed by atoms with Crippen LogP contribution >= 0.6 is 11.3 Å². The summed E-state index contributed by atoms with van der Waals surface area (Å²) in [5.41, 5.74) is 3.59. The second-order valence-electron chi connectivity index (χ2n) is 6.26. The van der Waals surface area contributed by atoms with E-state index in [-0.39, 0.29) is 0 Å². The van der Waals surface area contributed by atoms with Gasteiger partial charge < -0.3 is 9.64 Å². The van der Waals surface area contributed by atoms with Crippen molar-refractivity contribution < 1.29 is 4.74 Å². The first-order valence-corrected chi connectivity index (χ1v) is 9.04. The summed E-state index contributed by atoms with van der Waals surface area (Å²) in [6.45, 7) is 6.13. The number of hydrogen-bond donors (Lipinski definition) is 0. The van der Waals surface area contributed by atoms with Crippen LogP contribution in [0.4, 0.5) is 0 Å². The Morgan fingerprint density at radius 3 is 3.04 bits per heavy atom. The maximum absolute atomic E-state index is 5.76. The maximum Gasteiger partial charge on any atom is 0.113 e. The van der Waals surface area contributed by atoms with Gasteiger partial charge in [-0.15, -0.1) is 5.10 Å². The Kier molecular flexibility index (Phi) is 5.77. The number of thiophene rings is 1. The van der Waals surface area contributed by atoms with Crippen molar-refractivity contribution in [1.29, 1.82) is 0 Å². The Hall–Kier alpha value is -1.28. The average Bonchev–Trinajstić information content (AvgIpc) is 3.10. The Bertz CT molecular complexity index is 596. The summed E-state index contributed by atoms with van der Waals surface area (Å²) >= 11 is 1.76. The van der Waals surface area contributed by atoms with Gasteiger partial charge >= 0.3 is 0 Å². The van der Waals surface area contributed by atoms with Gasteiger partial charge in [-0.2, -0.15) is 11.3 Å². The molecule has 6 nitrogen and oxygen atoms in total. The lowest BCUT2D eigenvalue weighted by molar-refractivity contribution is 0.102. The summed E-state index contributed by atoms with van der Waals surface area (Å²) in [5.74, 6) is 0. The van der Waals surface area contributed by atoms with Crippen molar-refractivity contribution in [3.05, 3.63) is 33.8 Å². The van der Waals surface area contributed by atoms with E-state index < -0.39 is 0 Å². The number of hydrogen-bond acceptors (Lipinski definition) is 6. The molecule has 7 heteroatoms. The lowest BCUT2D eigenvalue weighted by atomic mass is 10.2. The van der Waals surface area contributed by atoms with Crippen molar-refractivity contribution in [3.63, 3.8) is 0 Å². The van der Waals surface area contributed by atoms with Crippen LogP contribution in [0.3, 0.4) is 0 Å². The van der Waals surface area contributed by atoms with E-state index in [9.17, 15) is 0 Å². The lowest BCUT2D eigenvalue weighted by Crippen LogP contribution is -2.23. The minimum atomic E-state index is 0.551. The third kappa shape index (κ3) is 4.60. The zero-order chi connectivity index (χ0) is 16.1. The molecule has 3 heterocycles. The van der Waals surface area contributed by atoms with Crippen LogP contribution in [0.1, 0.15) is 23.4 Å². The molecule has 0 aromatic carbocycles. The fraction of sp³-hybridized carbons (Fsp3) is 0.625. The first-order chi connectivity index (χ1) is 11.2. The van der Waals surface area contributed by atoms with Crippen molar-refractivity contribution in [2.24, 2.45) is 0 Å². The highest BCUT2D eigenvalue weighted by atomic mass is 32.1. The minimum Gasteiger partial charge on any atom is -0.374 e.